The van der Waals surface area contributed by atoms with E-state index in [-0.39, 0.29) is 0 Å². The zero-order valence-electron chi connectivity index (χ0n) is 12.5. The summed E-state index contributed by atoms with van der Waals surface area (Å²) in [7, 11) is 0. The molecule has 0 amide bonds. The highest BCUT2D eigenvalue weighted by Gasteiger charge is 2.30. The smallest absolute Gasteiger partial charge is 0.186 e. The van der Waals surface area contributed by atoms with Crippen LogP contribution in [-0.4, -0.2) is 17.6 Å². The van der Waals surface area contributed by atoms with Crippen molar-refractivity contribution in [3.63, 3.8) is 0 Å². The second-order valence-electron chi connectivity index (χ2n) is 5.59. The van der Waals surface area contributed by atoms with Crippen molar-refractivity contribution < 1.29 is 0 Å². The second kappa shape index (κ2) is 6.71. The number of hydrogen-bond donors (Lipinski definition) is 1. The Labute approximate surface area is 121 Å². The highest BCUT2D eigenvalue weighted by Crippen LogP contribution is 2.44. The van der Waals surface area contributed by atoms with E-state index in [2.05, 4.69) is 25.7 Å². The molecule has 1 aliphatic rings. The number of aromatic nitrogens is 1. The quantitative estimate of drug-likeness (QED) is 0.786. The van der Waals surface area contributed by atoms with Crippen LogP contribution in [0.3, 0.4) is 0 Å². The van der Waals surface area contributed by atoms with Crippen LogP contribution in [0.2, 0.25) is 0 Å². The highest BCUT2D eigenvalue weighted by atomic mass is 32.1. The number of unbranched alkanes of at least 4 members (excludes halogenated alkanes) is 1. The van der Waals surface area contributed by atoms with Gasteiger partial charge < -0.3 is 10.6 Å². The van der Waals surface area contributed by atoms with Gasteiger partial charge in [-0.15, -0.1) is 11.3 Å². The fourth-order valence-electron chi connectivity index (χ4n) is 2.35. The molecule has 1 fully saturated rings. The molecule has 108 valence electrons. The molecule has 3 nitrogen and oxygen atoms in total. The summed E-state index contributed by atoms with van der Waals surface area (Å²) in [6.45, 7) is 8.56. The Hall–Kier alpha value is -0.610. The van der Waals surface area contributed by atoms with Gasteiger partial charge in [-0.05, 0) is 32.6 Å². The van der Waals surface area contributed by atoms with Gasteiger partial charge in [-0.1, -0.05) is 20.3 Å². The number of thiazole rings is 1. The summed E-state index contributed by atoms with van der Waals surface area (Å²) in [5.74, 6) is 0.702. The summed E-state index contributed by atoms with van der Waals surface area (Å²) in [6, 6.07) is 0.565. The molecular formula is C15H27N3S. The minimum atomic E-state index is 0.565. The molecule has 1 aromatic rings. The Morgan fingerprint density at radius 3 is 2.68 bits per heavy atom. The molecule has 1 aromatic heterocycles. The summed E-state index contributed by atoms with van der Waals surface area (Å²) in [6.07, 6.45) is 6.24. The number of hydrogen-bond acceptors (Lipinski definition) is 4. The van der Waals surface area contributed by atoms with E-state index in [0.29, 0.717) is 18.5 Å². The van der Waals surface area contributed by atoms with Crippen molar-refractivity contribution in [3.05, 3.63) is 10.6 Å². The van der Waals surface area contributed by atoms with Gasteiger partial charge in [0.05, 0.1) is 5.69 Å². The van der Waals surface area contributed by atoms with Crippen molar-refractivity contribution in [1.29, 1.82) is 0 Å². The molecule has 0 radical (unpaired) electrons. The van der Waals surface area contributed by atoms with E-state index in [4.69, 9.17) is 10.7 Å². The molecule has 0 aliphatic heterocycles. The predicted octanol–water partition coefficient (Wildman–Crippen LogP) is 3.88. The summed E-state index contributed by atoms with van der Waals surface area (Å²) in [4.78, 5) is 8.72. The Balaban J connectivity index is 2.19. The fourth-order valence-corrected chi connectivity index (χ4v) is 3.50. The van der Waals surface area contributed by atoms with Crippen LogP contribution in [-0.2, 0) is 6.54 Å². The maximum atomic E-state index is 5.89. The van der Waals surface area contributed by atoms with Crippen LogP contribution in [0.4, 0.5) is 5.13 Å². The summed E-state index contributed by atoms with van der Waals surface area (Å²) < 4.78 is 0. The summed E-state index contributed by atoms with van der Waals surface area (Å²) in [5, 5.41) is 1.20. The van der Waals surface area contributed by atoms with Crippen molar-refractivity contribution in [2.75, 3.05) is 11.4 Å². The monoisotopic (exact) mass is 281 g/mol. The molecular weight excluding hydrogens is 254 g/mol. The number of rotatable bonds is 8. The third-order valence-corrected chi connectivity index (χ3v) is 5.12. The normalized spacial score (nSPS) is 16.6. The molecule has 1 unspecified atom stereocenters. The van der Waals surface area contributed by atoms with E-state index < -0.39 is 0 Å². The van der Waals surface area contributed by atoms with Crippen molar-refractivity contribution >= 4 is 16.5 Å². The first kappa shape index (κ1) is 14.8. The molecule has 1 saturated carbocycles. The minimum absolute atomic E-state index is 0.565. The van der Waals surface area contributed by atoms with Gasteiger partial charge >= 0.3 is 0 Å². The van der Waals surface area contributed by atoms with E-state index in [1.54, 1.807) is 0 Å². The Bertz CT molecular complexity index is 398. The van der Waals surface area contributed by atoms with Gasteiger partial charge in [0, 0.05) is 29.9 Å². The first-order valence-corrected chi connectivity index (χ1v) is 8.49. The van der Waals surface area contributed by atoms with E-state index >= 15 is 0 Å². The largest absolute Gasteiger partial charge is 0.345 e. The zero-order chi connectivity index (χ0) is 13.8. The lowest BCUT2D eigenvalue weighted by molar-refractivity contribution is 0.593. The van der Waals surface area contributed by atoms with Gasteiger partial charge in [-0.2, -0.15) is 0 Å². The third-order valence-electron chi connectivity index (χ3n) is 3.99. The highest BCUT2D eigenvalue weighted by molar-refractivity contribution is 7.15. The molecule has 0 bridgehead atoms. The maximum Gasteiger partial charge on any atom is 0.186 e. The summed E-state index contributed by atoms with van der Waals surface area (Å²) in [5.41, 5.74) is 7.19. The topological polar surface area (TPSA) is 42.2 Å². The Morgan fingerprint density at radius 1 is 1.42 bits per heavy atom. The Kier molecular flexibility index (Phi) is 5.22. The van der Waals surface area contributed by atoms with Gasteiger partial charge in [-0.25, -0.2) is 4.98 Å². The van der Waals surface area contributed by atoms with Crippen molar-refractivity contribution in [3.8, 4) is 0 Å². The van der Waals surface area contributed by atoms with E-state index in [9.17, 15) is 0 Å². The first-order chi connectivity index (χ1) is 9.21. The van der Waals surface area contributed by atoms with Gasteiger partial charge in [0.15, 0.2) is 5.13 Å². The number of anilines is 1. The molecule has 1 aliphatic carbocycles. The van der Waals surface area contributed by atoms with Gasteiger partial charge in [0.1, 0.15) is 0 Å². The van der Waals surface area contributed by atoms with Gasteiger partial charge in [0.25, 0.3) is 0 Å². The molecule has 2 rings (SSSR count). The molecule has 0 aromatic carbocycles. The van der Waals surface area contributed by atoms with Crippen LogP contribution in [0.15, 0.2) is 0 Å². The molecule has 1 atom stereocenters. The van der Waals surface area contributed by atoms with E-state index in [1.807, 2.05) is 11.3 Å². The van der Waals surface area contributed by atoms with Crippen LogP contribution in [0.5, 0.6) is 0 Å². The maximum absolute atomic E-state index is 5.89. The molecule has 4 heteroatoms. The number of nitrogens with two attached hydrogens (primary N) is 1. The van der Waals surface area contributed by atoms with Crippen LogP contribution >= 0.6 is 11.3 Å². The fraction of sp³-hybridized carbons (Fsp3) is 0.800. The molecule has 2 N–H and O–H groups in total. The average molecular weight is 281 g/mol. The Morgan fingerprint density at radius 2 is 2.16 bits per heavy atom. The van der Waals surface area contributed by atoms with Crippen molar-refractivity contribution in [1.82, 2.24) is 4.98 Å². The SMILES string of the molecule is CCCCN(c1nc(C2CC2)c(CN)s1)C(C)CC. The standard InChI is InChI=1S/C15H27N3S/c1-4-6-9-18(11(3)5-2)15-17-14(12-7-8-12)13(10-16)19-15/h11-12H,4-10,16H2,1-3H3. The van der Waals surface area contributed by atoms with E-state index in [0.717, 1.165) is 6.54 Å². The minimum Gasteiger partial charge on any atom is -0.345 e. The lowest BCUT2D eigenvalue weighted by Crippen LogP contribution is -2.33. The van der Waals surface area contributed by atoms with Crippen LogP contribution in [0, 0.1) is 0 Å². The van der Waals surface area contributed by atoms with Crippen molar-refractivity contribution in [2.45, 2.75) is 71.4 Å². The van der Waals surface area contributed by atoms with Gasteiger partial charge in [0.2, 0.25) is 0 Å². The lowest BCUT2D eigenvalue weighted by Gasteiger charge is -2.28. The predicted molar refractivity (Wildman–Crippen MR) is 84.0 cm³/mol. The molecule has 19 heavy (non-hydrogen) atoms. The first-order valence-electron chi connectivity index (χ1n) is 7.67. The van der Waals surface area contributed by atoms with Crippen LogP contribution in [0.25, 0.3) is 0 Å². The average Bonchev–Trinajstić information content (AvgIpc) is 3.19. The molecule has 0 saturated heterocycles. The second-order valence-corrected chi connectivity index (χ2v) is 6.65. The molecule has 0 spiro atoms. The van der Waals surface area contributed by atoms with E-state index in [1.165, 1.54) is 47.8 Å². The third kappa shape index (κ3) is 3.48. The summed E-state index contributed by atoms with van der Waals surface area (Å²) >= 11 is 1.82. The van der Waals surface area contributed by atoms with Gasteiger partial charge in [-0.3, -0.25) is 0 Å². The van der Waals surface area contributed by atoms with Crippen LogP contribution in [0.1, 0.15) is 69.4 Å². The lowest BCUT2D eigenvalue weighted by atomic mass is 10.2. The van der Waals surface area contributed by atoms with Crippen molar-refractivity contribution in [2.24, 2.45) is 5.73 Å². The zero-order valence-corrected chi connectivity index (χ0v) is 13.3. The van der Waals surface area contributed by atoms with Crippen LogP contribution < -0.4 is 10.6 Å². The number of nitrogens with zero attached hydrogens (tertiary/aromatic N) is 2. The molecule has 1 heterocycles.